The third-order valence-corrected chi connectivity index (χ3v) is 5.99. The maximum Gasteiger partial charge on any atom is 0.242 e. The number of hydrogen-bond donors (Lipinski definition) is 1. The summed E-state index contributed by atoms with van der Waals surface area (Å²) in [6.45, 7) is 0.491. The Morgan fingerprint density at radius 1 is 1.19 bits per heavy atom. The Kier molecular flexibility index (Phi) is 4.97. The summed E-state index contributed by atoms with van der Waals surface area (Å²) in [5.74, 6) is -0.124. The van der Waals surface area contributed by atoms with Gasteiger partial charge in [-0.1, -0.05) is 28.1 Å². The zero-order valence-electron chi connectivity index (χ0n) is 14.7. The number of carbonyl (C=O) groups is 2. The molecule has 27 heavy (non-hydrogen) atoms. The maximum atomic E-state index is 12.7. The number of piperazine rings is 1. The molecule has 140 valence electrons. The summed E-state index contributed by atoms with van der Waals surface area (Å²) in [6.07, 6.45) is 3.58. The van der Waals surface area contributed by atoms with Crippen molar-refractivity contribution >= 4 is 27.7 Å². The summed E-state index contributed by atoms with van der Waals surface area (Å²) < 4.78 is 0.983. The lowest BCUT2D eigenvalue weighted by Gasteiger charge is -2.58. The molecule has 1 aromatic carbocycles. The lowest BCUT2D eigenvalue weighted by atomic mass is 9.73. The molecule has 1 aromatic heterocycles. The monoisotopic (exact) mass is 429 g/mol. The second-order valence-electron chi connectivity index (χ2n) is 7.00. The zero-order valence-corrected chi connectivity index (χ0v) is 16.2. The molecule has 7 heteroatoms. The Bertz CT molecular complexity index is 843. The largest absolute Gasteiger partial charge is 0.394 e. The molecule has 0 bridgehead atoms. The van der Waals surface area contributed by atoms with E-state index in [1.165, 1.54) is 0 Å². The van der Waals surface area contributed by atoms with Gasteiger partial charge in [-0.05, 0) is 35.4 Å². The zero-order chi connectivity index (χ0) is 19.0. The van der Waals surface area contributed by atoms with E-state index in [1.54, 1.807) is 22.2 Å². The molecule has 6 nitrogen and oxygen atoms in total. The van der Waals surface area contributed by atoms with Crippen molar-refractivity contribution < 1.29 is 14.7 Å². The van der Waals surface area contributed by atoms with Crippen LogP contribution in [0.25, 0.3) is 0 Å². The number of carbonyl (C=O) groups excluding carboxylic acids is 2. The van der Waals surface area contributed by atoms with Crippen LogP contribution in [0.4, 0.5) is 0 Å². The molecule has 2 fully saturated rings. The molecule has 0 spiro atoms. The first-order valence-electron chi connectivity index (χ1n) is 8.92. The Hall–Kier alpha value is -2.25. The van der Waals surface area contributed by atoms with E-state index in [9.17, 15) is 14.7 Å². The van der Waals surface area contributed by atoms with Gasteiger partial charge in [0.05, 0.1) is 31.7 Å². The second-order valence-corrected chi connectivity index (χ2v) is 7.92. The third-order valence-electron chi connectivity index (χ3n) is 5.46. The molecule has 2 aromatic rings. The number of aromatic nitrogens is 1. The molecule has 0 aliphatic carbocycles. The van der Waals surface area contributed by atoms with Crippen LogP contribution in [0.3, 0.4) is 0 Å². The molecule has 3 atom stereocenters. The molecular weight excluding hydrogens is 410 g/mol. The average Bonchev–Trinajstić information content (AvgIpc) is 2.65. The van der Waals surface area contributed by atoms with Gasteiger partial charge in [-0.25, -0.2) is 0 Å². The molecule has 2 aliphatic rings. The molecular formula is C20H20BrN3O3. The van der Waals surface area contributed by atoms with Gasteiger partial charge in [-0.3, -0.25) is 14.6 Å². The van der Waals surface area contributed by atoms with Gasteiger partial charge >= 0.3 is 0 Å². The third kappa shape index (κ3) is 3.37. The van der Waals surface area contributed by atoms with Crippen molar-refractivity contribution in [1.29, 1.82) is 0 Å². The van der Waals surface area contributed by atoms with Gasteiger partial charge in [0.25, 0.3) is 0 Å². The van der Waals surface area contributed by atoms with Crippen molar-refractivity contribution in [2.45, 2.75) is 24.4 Å². The maximum absolute atomic E-state index is 12.7. The Morgan fingerprint density at radius 2 is 1.89 bits per heavy atom. The number of hydrogen-bond acceptors (Lipinski definition) is 4. The highest BCUT2D eigenvalue weighted by Crippen LogP contribution is 2.43. The van der Waals surface area contributed by atoms with Gasteiger partial charge in [-0.2, -0.15) is 0 Å². The van der Waals surface area contributed by atoms with E-state index in [0.717, 1.165) is 15.6 Å². The molecule has 0 saturated carbocycles. The highest BCUT2D eigenvalue weighted by molar-refractivity contribution is 9.10. The summed E-state index contributed by atoms with van der Waals surface area (Å²) in [4.78, 5) is 32.7. The summed E-state index contributed by atoms with van der Waals surface area (Å²) in [5, 5.41) is 9.81. The van der Waals surface area contributed by atoms with Gasteiger partial charge in [-0.15, -0.1) is 0 Å². The van der Waals surface area contributed by atoms with E-state index < -0.39 is 0 Å². The Morgan fingerprint density at radius 3 is 2.56 bits per heavy atom. The highest BCUT2D eigenvalue weighted by Gasteiger charge is 2.54. The molecule has 2 saturated heterocycles. The number of aliphatic hydroxyl groups excluding tert-OH is 1. The molecule has 3 heterocycles. The van der Waals surface area contributed by atoms with Crippen LogP contribution in [0.15, 0.2) is 53.3 Å². The molecule has 0 radical (unpaired) electrons. The van der Waals surface area contributed by atoms with Crippen LogP contribution in [0.5, 0.6) is 0 Å². The van der Waals surface area contributed by atoms with Crippen LogP contribution < -0.4 is 0 Å². The predicted octanol–water partition coefficient (Wildman–Crippen LogP) is 1.58. The van der Waals surface area contributed by atoms with Crippen LogP contribution in [-0.4, -0.2) is 63.5 Å². The Labute approximate surface area is 165 Å². The SMILES string of the molecule is O=C(Cc1ccncc1)N1CC(=O)N2[C@H](CO)[C@H](c3ccc(Br)cc3)[C@@H]2C1. The van der Waals surface area contributed by atoms with Crippen molar-refractivity contribution in [3.63, 3.8) is 0 Å². The number of amides is 2. The molecule has 2 aliphatic heterocycles. The van der Waals surface area contributed by atoms with Crippen molar-refractivity contribution in [2.75, 3.05) is 19.7 Å². The number of fused-ring (bicyclic) bond motifs is 1. The van der Waals surface area contributed by atoms with Gasteiger partial charge in [0, 0.05) is 29.3 Å². The average molecular weight is 430 g/mol. The topological polar surface area (TPSA) is 73.7 Å². The summed E-state index contributed by atoms with van der Waals surface area (Å²) in [6, 6.07) is 11.3. The number of aliphatic hydroxyl groups is 1. The Balaban J connectivity index is 1.52. The minimum absolute atomic E-state index is 0.0311. The number of pyridine rings is 1. The van der Waals surface area contributed by atoms with Crippen molar-refractivity contribution in [3.8, 4) is 0 Å². The van der Waals surface area contributed by atoms with Gasteiger partial charge < -0.3 is 14.9 Å². The van der Waals surface area contributed by atoms with Crippen molar-refractivity contribution in [1.82, 2.24) is 14.8 Å². The number of rotatable bonds is 4. The predicted molar refractivity (Wildman–Crippen MR) is 103 cm³/mol. The molecule has 2 amide bonds. The second kappa shape index (κ2) is 7.40. The fourth-order valence-electron chi connectivity index (χ4n) is 4.16. The standard InChI is InChI=1S/C20H20BrN3O3/c21-15-3-1-14(2-4-15)20-16-10-23(11-19(27)24(16)17(20)12-25)18(26)9-13-5-7-22-8-6-13/h1-8,16-17,20,25H,9-12H2/t16-,17+,20+/m0/s1. The van der Waals surface area contributed by atoms with Gasteiger partial charge in [0.2, 0.25) is 11.8 Å². The minimum Gasteiger partial charge on any atom is -0.394 e. The van der Waals surface area contributed by atoms with Crippen LogP contribution in [0.1, 0.15) is 17.0 Å². The fraction of sp³-hybridized carbons (Fsp3) is 0.350. The number of halogens is 1. The first-order chi connectivity index (χ1) is 13.1. The van der Waals surface area contributed by atoms with E-state index in [-0.39, 0.29) is 49.4 Å². The van der Waals surface area contributed by atoms with Gasteiger partial charge in [0.15, 0.2) is 0 Å². The number of nitrogens with zero attached hydrogens (tertiary/aromatic N) is 3. The lowest BCUT2D eigenvalue weighted by Crippen LogP contribution is -2.73. The fourth-order valence-corrected chi connectivity index (χ4v) is 4.43. The van der Waals surface area contributed by atoms with E-state index in [1.807, 2.05) is 36.4 Å². The molecule has 0 unspecified atom stereocenters. The van der Waals surface area contributed by atoms with E-state index >= 15 is 0 Å². The van der Waals surface area contributed by atoms with Crippen LogP contribution in [0, 0.1) is 0 Å². The normalized spacial score (nSPS) is 24.4. The highest BCUT2D eigenvalue weighted by atomic mass is 79.9. The quantitative estimate of drug-likeness (QED) is 0.800. The first kappa shape index (κ1) is 18.1. The first-order valence-corrected chi connectivity index (χ1v) is 9.72. The van der Waals surface area contributed by atoms with Crippen LogP contribution >= 0.6 is 15.9 Å². The number of benzene rings is 1. The molecule has 1 N–H and O–H groups in total. The van der Waals surface area contributed by atoms with Crippen LogP contribution in [0.2, 0.25) is 0 Å². The van der Waals surface area contributed by atoms with E-state index in [4.69, 9.17) is 0 Å². The molecule has 4 rings (SSSR count). The van der Waals surface area contributed by atoms with Crippen molar-refractivity contribution in [3.05, 3.63) is 64.4 Å². The summed E-state index contributed by atoms with van der Waals surface area (Å²) >= 11 is 3.43. The minimum atomic E-state index is -0.221. The lowest BCUT2D eigenvalue weighted by molar-refractivity contribution is -0.166. The summed E-state index contributed by atoms with van der Waals surface area (Å²) in [7, 11) is 0. The smallest absolute Gasteiger partial charge is 0.242 e. The van der Waals surface area contributed by atoms with Crippen LogP contribution in [-0.2, 0) is 16.0 Å². The summed E-state index contributed by atoms with van der Waals surface area (Å²) in [5.41, 5.74) is 1.96. The van der Waals surface area contributed by atoms with E-state index in [2.05, 4.69) is 20.9 Å². The van der Waals surface area contributed by atoms with Gasteiger partial charge in [0.1, 0.15) is 0 Å². The van der Waals surface area contributed by atoms with Crippen molar-refractivity contribution in [2.24, 2.45) is 0 Å². The van der Waals surface area contributed by atoms with E-state index in [0.29, 0.717) is 6.54 Å².